The molecule has 1 aromatic heterocycles. The van der Waals surface area contributed by atoms with Gasteiger partial charge in [0.05, 0.1) is 12.6 Å². The van der Waals surface area contributed by atoms with Gasteiger partial charge in [0.25, 0.3) is 0 Å². The van der Waals surface area contributed by atoms with E-state index in [2.05, 4.69) is 17.2 Å². The van der Waals surface area contributed by atoms with Crippen molar-refractivity contribution < 1.29 is 4.74 Å². The van der Waals surface area contributed by atoms with Gasteiger partial charge in [0.15, 0.2) is 0 Å². The van der Waals surface area contributed by atoms with Gasteiger partial charge in [-0.2, -0.15) is 0 Å². The topological polar surface area (TPSA) is 37.0 Å². The standard InChI is InChI=1S/C14H17ClN2O/c1-9-11-7-10(15)3-4-12(11)17-14(9)13-8-18-6-2-5-16-13/h3-4,7,13,16-17H,2,5-6,8H2,1H3. The molecule has 0 aliphatic carbocycles. The lowest BCUT2D eigenvalue weighted by Gasteiger charge is -2.14. The summed E-state index contributed by atoms with van der Waals surface area (Å²) in [6, 6.07) is 6.22. The van der Waals surface area contributed by atoms with Crippen LogP contribution >= 0.6 is 11.6 Å². The Morgan fingerprint density at radius 1 is 1.39 bits per heavy atom. The van der Waals surface area contributed by atoms with Gasteiger partial charge in [-0.25, -0.2) is 0 Å². The molecule has 0 radical (unpaired) electrons. The van der Waals surface area contributed by atoms with Crippen LogP contribution < -0.4 is 5.32 Å². The van der Waals surface area contributed by atoms with Crippen LogP contribution in [0.15, 0.2) is 18.2 Å². The Bertz CT molecular complexity index is 556. The zero-order valence-corrected chi connectivity index (χ0v) is 11.2. The molecule has 0 bridgehead atoms. The molecule has 3 nitrogen and oxygen atoms in total. The van der Waals surface area contributed by atoms with E-state index in [0.29, 0.717) is 0 Å². The first kappa shape index (κ1) is 12.0. The van der Waals surface area contributed by atoms with Crippen molar-refractivity contribution in [3.05, 3.63) is 34.5 Å². The maximum absolute atomic E-state index is 6.06. The number of benzene rings is 1. The fraction of sp³-hybridized carbons (Fsp3) is 0.429. The van der Waals surface area contributed by atoms with E-state index < -0.39 is 0 Å². The molecule has 2 aromatic rings. The second kappa shape index (κ2) is 4.92. The Labute approximate surface area is 111 Å². The Morgan fingerprint density at radius 2 is 2.28 bits per heavy atom. The average molecular weight is 265 g/mol. The second-order valence-electron chi connectivity index (χ2n) is 4.79. The maximum atomic E-state index is 6.06. The molecule has 2 N–H and O–H groups in total. The van der Waals surface area contributed by atoms with Crippen LogP contribution in [0.1, 0.15) is 23.7 Å². The van der Waals surface area contributed by atoms with Crippen molar-refractivity contribution in [2.45, 2.75) is 19.4 Å². The summed E-state index contributed by atoms with van der Waals surface area (Å²) in [6.07, 6.45) is 1.07. The molecule has 1 unspecified atom stereocenters. The van der Waals surface area contributed by atoms with E-state index in [1.165, 1.54) is 16.6 Å². The first-order chi connectivity index (χ1) is 8.75. The molecular formula is C14H17ClN2O. The van der Waals surface area contributed by atoms with Crippen LogP contribution in [0, 0.1) is 6.92 Å². The van der Waals surface area contributed by atoms with Crippen molar-refractivity contribution in [1.82, 2.24) is 10.3 Å². The van der Waals surface area contributed by atoms with Crippen LogP contribution in [0.25, 0.3) is 10.9 Å². The Balaban J connectivity index is 2.03. The SMILES string of the molecule is Cc1c(C2COCCCN2)[nH]c2ccc(Cl)cc12. The summed E-state index contributed by atoms with van der Waals surface area (Å²) >= 11 is 6.06. The summed E-state index contributed by atoms with van der Waals surface area (Å²) in [7, 11) is 0. The predicted octanol–water partition coefficient (Wildman–Crippen LogP) is 3.18. The molecule has 1 atom stereocenters. The summed E-state index contributed by atoms with van der Waals surface area (Å²) in [6.45, 7) is 4.70. The molecule has 18 heavy (non-hydrogen) atoms. The minimum atomic E-state index is 0.249. The van der Waals surface area contributed by atoms with Crippen molar-refractivity contribution >= 4 is 22.5 Å². The highest BCUT2D eigenvalue weighted by atomic mass is 35.5. The number of fused-ring (bicyclic) bond motifs is 1. The second-order valence-corrected chi connectivity index (χ2v) is 5.23. The number of aromatic nitrogens is 1. The zero-order chi connectivity index (χ0) is 12.5. The largest absolute Gasteiger partial charge is 0.379 e. The zero-order valence-electron chi connectivity index (χ0n) is 10.4. The monoisotopic (exact) mass is 264 g/mol. The van der Waals surface area contributed by atoms with Gasteiger partial charge < -0.3 is 15.0 Å². The minimum Gasteiger partial charge on any atom is -0.379 e. The van der Waals surface area contributed by atoms with Crippen molar-refractivity contribution in [3.8, 4) is 0 Å². The van der Waals surface area contributed by atoms with Crippen molar-refractivity contribution in [2.75, 3.05) is 19.8 Å². The average Bonchev–Trinajstić information content (AvgIpc) is 2.59. The van der Waals surface area contributed by atoms with Gasteiger partial charge in [-0.05, 0) is 43.7 Å². The van der Waals surface area contributed by atoms with E-state index in [1.54, 1.807) is 0 Å². The summed E-state index contributed by atoms with van der Waals surface area (Å²) in [5.41, 5.74) is 3.61. The number of aromatic amines is 1. The Kier molecular flexibility index (Phi) is 3.29. The van der Waals surface area contributed by atoms with Crippen molar-refractivity contribution in [1.29, 1.82) is 0 Å². The molecule has 96 valence electrons. The maximum Gasteiger partial charge on any atom is 0.0713 e. The smallest absolute Gasteiger partial charge is 0.0713 e. The highest BCUT2D eigenvalue weighted by Crippen LogP contribution is 2.28. The molecule has 1 aliphatic heterocycles. The summed E-state index contributed by atoms with van der Waals surface area (Å²) < 4.78 is 5.63. The molecule has 1 fully saturated rings. The van der Waals surface area contributed by atoms with Gasteiger partial charge >= 0.3 is 0 Å². The summed E-state index contributed by atoms with van der Waals surface area (Å²) in [5, 5.41) is 5.50. The third-order valence-corrected chi connectivity index (χ3v) is 3.78. The van der Waals surface area contributed by atoms with E-state index >= 15 is 0 Å². The number of rotatable bonds is 1. The molecule has 0 amide bonds. The van der Waals surface area contributed by atoms with Gasteiger partial charge in [-0.1, -0.05) is 11.6 Å². The van der Waals surface area contributed by atoms with Crippen LogP contribution in [0.4, 0.5) is 0 Å². The number of nitrogens with one attached hydrogen (secondary N) is 2. The van der Waals surface area contributed by atoms with Crippen molar-refractivity contribution in [3.63, 3.8) is 0 Å². The lowest BCUT2D eigenvalue weighted by Crippen LogP contribution is -2.24. The molecule has 1 aromatic carbocycles. The molecular weight excluding hydrogens is 248 g/mol. The number of H-pyrrole nitrogens is 1. The highest BCUT2D eigenvalue weighted by Gasteiger charge is 2.19. The Hall–Kier alpha value is -1.03. The van der Waals surface area contributed by atoms with Crippen molar-refractivity contribution in [2.24, 2.45) is 0 Å². The first-order valence-corrected chi connectivity index (χ1v) is 6.72. The van der Waals surface area contributed by atoms with Gasteiger partial charge in [-0.3, -0.25) is 0 Å². The number of aryl methyl sites for hydroxylation is 1. The van der Waals surface area contributed by atoms with E-state index in [4.69, 9.17) is 16.3 Å². The predicted molar refractivity (Wildman–Crippen MR) is 74.2 cm³/mol. The normalized spacial score (nSPS) is 21.1. The molecule has 0 spiro atoms. The van der Waals surface area contributed by atoms with Crippen LogP contribution in [0.5, 0.6) is 0 Å². The van der Waals surface area contributed by atoms with Crippen LogP contribution in [-0.2, 0) is 4.74 Å². The number of hydrogen-bond donors (Lipinski definition) is 2. The lowest BCUT2D eigenvalue weighted by atomic mass is 10.1. The Morgan fingerprint density at radius 3 is 3.17 bits per heavy atom. The third kappa shape index (κ3) is 2.14. The molecule has 1 aliphatic rings. The van der Waals surface area contributed by atoms with E-state index in [9.17, 15) is 0 Å². The lowest BCUT2D eigenvalue weighted by molar-refractivity contribution is 0.130. The molecule has 3 rings (SSSR count). The number of hydrogen-bond acceptors (Lipinski definition) is 2. The van der Waals surface area contributed by atoms with Gasteiger partial charge in [-0.15, -0.1) is 0 Å². The molecule has 2 heterocycles. The molecule has 0 saturated carbocycles. The minimum absolute atomic E-state index is 0.249. The van der Waals surface area contributed by atoms with Gasteiger partial charge in [0, 0.05) is 28.2 Å². The van der Waals surface area contributed by atoms with Gasteiger partial charge in [0.1, 0.15) is 0 Å². The molecule has 4 heteroatoms. The fourth-order valence-electron chi connectivity index (χ4n) is 2.56. The first-order valence-electron chi connectivity index (χ1n) is 6.34. The molecule has 1 saturated heterocycles. The van der Waals surface area contributed by atoms with Crippen LogP contribution in [0.2, 0.25) is 5.02 Å². The van der Waals surface area contributed by atoms with Gasteiger partial charge in [0.2, 0.25) is 0 Å². The number of ether oxygens (including phenoxy) is 1. The summed E-state index contributed by atoms with van der Waals surface area (Å²) in [4.78, 5) is 3.49. The van der Waals surface area contributed by atoms with Crippen LogP contribution in [0.3, 0.4) is 0 Å². The number of halogens is 1. The summed E-state index contributed by atoms with van der Waals surface area (Å²) in [5.74, 6) is 0. The highest BCUT2D eigenvalue weighted by molar-refractivity contribution is 6.31. The third-order valence-electron chi connectivity index (χ3n) is 3.55. The fourth-order valence-corrected chi connectivity index (χ4v) is 2.74. The quantitative estimate of drug-likeness (QED) is 0.830. The van der Waals surface area contributed by atoms with Crippen LogP contribution in [-0.4, -0.2) is 24.7 Å². The van der Waals surface area contributed by atoms with E-state index in [1.807, 2.05) is 18.2 Å². The van der Waals surface area contributed by atoms with E-state index in [-0.39, 0.29) is 6.04 Å². The van der Waals surface area contributed by atoms with E-state index in [0.717, 1.165) is 36.7 Å².